The zero-order valence-electron chi connectivity index (χ0n) is 14.6. The Labute approximate surface area is 155 Å². The van der Waals surface area contributed by atoms with E-state index < -0.39 is 0 Å². The number of rotatable bonds is 2. The van der Waals surface area contributed by atoms with Crippen molar-refractivity contribution in [3.63, 3.8) is 0 Å². The molecule has 1 saturated carbocycles. The molecule has 1 aliphatic heterocycles. The molecule has 6 nitrogen and oxygen atoms in total. The SMILES string of the molecule is CN=C(NCc1noc(C(C)(C)C)n1)N1CCC2(CCC2)C1.I. The molecule has 3 rings (SSSR count). The second-order valence-electron chi connectivity index (χ2n) is 7.69. The van der Waals surface area contributed by atoms with Gasteiger partial charge in [0.25, 0.3) is 0 Å². The molecule has 0 amide bonds. The van der Waals surface area contributed by atoms with Gasteiger partial charge in [0, 0.05) is 25.6 Å². The normalized spacial score (nSPS) is 20.3. The first-order chi connectivity index (χ1) is 10.4. The smallest absolute Gasteiger partial charge is 0.232 e. The number of nitrogens with zero attached hydrogens (tertiary/aromatic N) is 4. The second kappa shape index (κ2) is 6.94. The largest absolute Gasteiger partial charge is 0.349 e. The van der Waals surface area contributed by atoms with Crippen molar-refractivity contribution >= 4 is 29.9 Å². The maximum Gasteiger partial charge on any atom is 0.232 e. The second-order valence-corrected chi connectivity index (χ2v) is 7.69. The molecule has 1 saturated heterocycles. The monoisotopic (exact) mass is 433 g/mol. The molecule has 2 heterocycles. The van der Waals surface area contributed by atoms with Gasteiger partial charge in [0.2, 0.25) is 5.89 Å². The molecule has 0 bridgehead atoms. The van der Waals surface area contributed by atoms with E-state index in [0.717, 1.165) is 19.0 Å². The molecule has 7 heteroatoms. The first-order valence-electron chi connectivity index (χ1n) is 8.21. The quantitative estimate of drug-likeness (QED) is 0.442. The van der Waals surface area contributed by atoms with Crippen molar-refractivity contribution in [2.45, 2.75) is 58.4 Å². The molecule has 23 heavy (non-hydrogen) atoms. The first kappa shape index (κ1) is 18.5. The highest BCUT2D eigenvalue weighted by atomic mass is 127. The Morgan fingerprint density at radius 3 is 2.57 bits per heavy atom. The van der Waals surface area contributed by atoms with Crippen molar-refractivity contribution in [3.05, 3.63) is 11.7 Å². The molecule has 1 spiro atoms. The van der Waals surface area contributed by atoms with Gasteiger partial charge in [-0.05, 0) is 24.7 Å². The average Bonchev–Trinajstić information content (AvgIpc) is 3.04. The van der Waals surface area contributed by atoms with E-state index in [1.165, 1.54) is 25.7 Å². The van der Waals surface area contributed by atoms with Crippen molar-refractivity contribution < 1.29 is 4.52 Å². The third kappa shape index (κ3) is 3.97. The average molecular weight is 433 g/mol. The van der Waals surface area contributed by atoms with Crippen LogP contribution in [0.3, 0.4) is 0 Å². The topological polar surface area (TPSA) is 66.5 Å². The number of nitrogens with one attached hydrogen (secondary N) is 1. The Bertz CT molecular complexity index is 559. The van der Waals surface area contributed by atoms with E-state index in [9.17, 15) is 0 Å². The molecule has 2 fully saturated rings. The van der Waals surface area contributed by atoms with E-state index in [-0.39, 0.29) is 29.4 Å². The molecule has 1 aromatic rings. The Morgan fingerprint density at radius 1 is 1.35 bits per heavy atom. The van der Waals surface area contributed by atoms with Crippen LogP contribution in [0.5, 0.6) is 0 Å². The Morgan fingerprint density at radius 2 is 2.09 bits per heavy atom. The predicted molar refractivity (Wildman–Crippen MR) is 101 cm³/mol. The molecule has 1 aromatic heterocycles. The summed E-state index contributed by atoms with van der Waals surface area (Å²) in [5, 5.41) is 7.42. The van der Waals surface area contributed by atoms with E-state index >= 15 is 0 Å². The first-order valence-corrected chi connectivity index (χ1v) is 8.21. The number of guanidine groups is 1. The molecule has 0 atom stereocenters. The minimum Gasteiger partial charge on any atom is -0.349 e. The van der Waals surface area contributed by atoms with Crippen LogP contribution < -0.4 is 5.32 Å². The molecule has 0 aromatic carbocycles. The van der Waals surface area contributed by atoms with Gasteiger partial charge in [-0.25, -0.2) is 0 Å². The lowest BCUT2D eigenvalue weighted by Gasteiger charge is -2.38. The van der Waals surface area contributed by atoms with Crippen molar-refractivity contribution in [1.82, 2.24) is 20.4 Å². The van der Waals surface area contributed by atoms with Crippen LogP contribution in [0.15, 0.2) is 9.52 Å². The standard InChI is InChI=1S/C16H27N5O.HI/c1-15(2,3)13-19-12(20-22-13)10-18-14(17-4)21-9-8-16(11-21)6-5-7-16;/h5-11H2,1-4H3,(H,17,18);1H. The van der Waals surface area contributed by atoms with Crippen molar-refractivity contribution in [2.75, 3.05) is 20.1 Å². The summed E-state index contributed by atoms with van der Waals surface area (Å²) in [4.78, 5) is 11.2. The van der Waals surface area contributed by atoms with E-state index in [2.05, 4.69) is 46.1 Å². The summed E-state index contributed by atoms with van der Waals surface area (Å²) in [6.07, 6.45) is 5.43. The van der Waals surface area contributed by atoms with Gasteiger partial charge in [0.05, 0.1) is 6.54 Å². The van der Waals surface area contributed by atoms with Crippen LogP contribution in [0.1, 0.15) is 58.2 Å². The lowest BCUT2D eigenvalue weighted by Crippen LogP contribution is -2.42. The van der Waals surface area contributed by atoms with Crippen LogP contribution in [0.4, 0.5) is 0 Å². The highest BCUT2D eigenvalue weighted by molar-refractivity contribution is 14.0. The minimum atomic E-state index is -0.113. The van der Waals surface area contributed by atoms with E-state index in [0.29, 0.717) is 23.7 Å². The number of hydrogen-bond acceptors (Lipinski definition) is 4. The fourth-order valence-corrected chi connectivity index (χ4v) is 3.32. The van der Waals surface area contributed by atoms with Gasteiger partial charge in [-0.2, -0.15) is 4.98 Å². The lowest BCUT2D eigenvalue weighted by atomic mass is 9.68. The number of aliphatic imine (C=N–C) groups is 1. The van der Waals surface area contributed by atoms with Crippen LogP contribution in [0.25, 0.3) is 0 Å². The third-order valence-corrected chi connectivity index (χ3v) is 4.88. The van der Waals surface area contributed by atoms with Gasteiger partial charge in [-0.3, -0.25) is 4.99 Å². The van der Waals surface area contributed by atoms with Crippen LogP contribution in [0.2, 0.25) is 0 Å². The Kier molecular flexibility index (Phi) is 5.58. The summed E-state index contributed by atoms with van der Waals surface area (Å²) in [7, 11) is 1.84. The van der Waals surface area contributed by atoms with Gasteiger partial charge in [-0.15, -0.1) is 24.0 Å². The number of likely N-dealkylation sites (tertiary alicyclic amines) is 1. The van der Waals surface area contributed by atoms with Crippen LogP contribution >= 0.6 is 24.0 Å². The molecule has 130 valence electrons. The molecule has 1 aliphatic carbocycles. The maximum absolute atomic E-state index is 5.33. The van der Waals surface area contributed by atoms with E-state index in [1.54, 1.807) is 0 Å². The van der Waals surface area contributed by atoms with Crippen molar-refractivity contribution in [2.24, 2.45) is 10.4 Å². The molecule has 1 N–H and O–H groups in total. The molecular formula is C16H28IN5O. The van der Waals surface area contributed by atoms with Gasteiger partial charge >= 0.3 is 0 Å². The summed E-state index contributed by atoms with van der Waals surface area (Å²) >= 11 is 0. The Hall–Kier alpha value is -0.860. The zero-order valence-corrected chi connectivity index (χ0v) is 16.9. The number of aromatic nitrogens is 2. The Balaban J connectivity index is 0.00000192. The highest BCUT2D eigenvalue weighted by Crippen LogP contribution is 2.47. The fourth-order valence-electron chi connectivity index (χ4n) is 3.32. The van der Waals surface area contributed by atoms with Crippen LogP contribution in [-0.4, -0.2) is 41.1 Å². The van der Waals surface area contributed by atoms with Gasteiger partial charge in [-0.1, -0.05) is 32.3 Å². The molecule has 0 unspecified atom stereocenters. The van der Waals surface area contributed by atoms with Gasteiger partial charge in [0.1, 0.15) is 0 Å². The van der Waals surface area contributed by atoms with Crippen molar-refractivity contribution in [1.29, 1.82) is 0 Å². The predicted octanol–water partition coefficient (Wildman–Crippen LogP) is 2.94. The van der Waals surface area contributed by atoms with Gasteiger partial charge in [0.15, 0.2) is 11.8 Å². The lowest BCUT2D eigenvalue weighted by molar-refractivity contribution is 0.151. The number of halogens is 1. The van der Waals surface area contributed by atoms with Gasteiger partial charge < -0.3 is 14.7 Å². The zero-order chi connectivity index (χ0) is 15.8. The fraction of sp³-hybridized carbons (Fsp3) is 0.812. The summed E-state index contributed by atoms with van der Waals surface area (Å²) in [6.45, 7) is 8.98. The summed E-state index contributed by atoms with van der Waals surface area (Å²) in [5.74, 6) is 2.31. The maximum atomic E-state index is 5.33. The van der Waals surface area contributed by atoms with Crippen LogP contribution in [0, 0.1) is 5.41 Å². The third-order valence-electron chi connectivity index (χ3n) is 4.88. The molecule has 0 radical (unpaired) electrons. The summed E-state index contributed by atoms with van der Waals surface area (Å²) in [5.41, 5.74) is 0.460. The number of hydrogen-bond donors (Lipinski definition) is 1. The minimum absolute atomic E-state index is 0. The molecular weight excluding hydrogens is 405 g/mol. The summed E-state index contributed by atoms with van der Waals surface area (Å²) in [6, 6.07) is 0. The molecule has 2 aliphatic rings. The van der Waals surface area contributed by atoms with E-state index in [4.69, 9.17) is 4.52 Å². The van der Waals surface area contributed by atoms with Crippen LogP contribution in [-0.2, 0) is 12.0 Å². The highest BCUT2D eigenvalue weighted by Gasteiger charge is 2.43. The summed E-state index contributed by atoms with van der Waals surface area (Å²) < 4.78 is 5.33. The van der Waals surface area contributed by atoms with Crippen molar-refractivity contribution in [3.8, 4) is 0 Å². The van der Waals surface area contributed by atoms with E-state index in [1.807, 2.05) is 7.05 Å².